The Balaban J connectivity index is 1.63. The Labute approximate surface area is 196 Å². The average molecular weight is 472 g/mol. The summed E-state index contributed by atoms with van der Waals surface area (Å²) < 4.78 is 27.6. The number of piperidine rings is 1. The fraction of sp³-hybridized carbons (Fsp3) is 0.440. The van der Waals surface area contributed by atoms with Crippen LogP contribution in [0, 0.1) is 19.8 Å². The summed E-state index contributed by atoms with van der Waals surface area (Å²) >= 11 is 0. The Hall–Kier alpha value is -2.71. The SMILES string of the molecule is CCN(CC)C(=O)c1cccc(NC(=O)C2CCN(S(=O)(=O)c3ccc(C)cc3C)CC2)c1. The van der Waals surface area contributed by atoms with Crippen LogP contribution in [0.5, 0.6) is 0 Å². The Morgan fingerprint density at radius 2 is 1.70 bits per heavy atom. The van der Waals surface area contributed by atoms with Gasteiger partial charge in [-0.2, -0.15) is 4.31 Å². The zero-order chi connectivity index (χ0) is 24.2. The zero-order valence-electron chi connectivity index (χ0n) is 19.8. The van der Waals surface area contributed by atoms with E-state index in [1.165, 1.54) is 4.31 Å². The Morgan fingerprint density at radius 1 is 1.03 bits per heavy atom. The molecule has 7 nitrogen and oxygen atoms in total. The van der Waals surface area contributed by atoms with Gasteiger partial charge in [0.25, 0.3) is 5.91 Å². The minimum atomic E-state index is -3.59. The van der Waals surface area contributed by atoms with Gasteiger partial charge >= 0.3 is 0 Å². The van der Waals surface area contributed by atoms with Crippen molar-refractivity contribution in [2.45, 2.75) is 45.4 Å². The van der Waals surface area contributed by atoms with Crippen molar-refractivity contribution in [3.8, 4) is 0 Å². The van der Waals surface area contributed by atoms with Crippen molar-refractivity contribution in [3.05, 3.63) is 59.2 Å². The number of carbonyl (C=O) groups excluding carboxylic acids is 2. The van der Waals surface area contributed by atoms with Crippen molar-refractivity contribution < 1.29 is 18.0 Å². The molecule has 3 rings (SSSR count). The normalized spacial score (nSPS) is 15.3. The highest BCUT2D eigenvalue weighted by molar-refractivity contribution is 7.89. The molecule has 0 aliphatic carbocycles. The third-order valence-corrected chi connectivity index (χ3v) is 8.26. The van der Waals surface area contributed by atoms with E-state index in [2.05, 4.69) is 5.32 Å². The van der Waals surface area contributed by atoms with Gasteiger partial charge in [0.05, 0.1) is 4.90 Å². The van der Waals surface area contributed by atoms with E-state index in [1.54, 1.807) is 48.2 Å². The fourth-order valence-corrected chi connectivity index (χ4v) is 5.93. The van der Waals surface area contributed by atoms with Crippen molar-refractivity contribution in [2.75, 3.05) is 31.5 Å². The molecule has 0 radical (unpaired) electrons. The molecular weight excluding hydrogens is 438 g/mol. The summed E-state index contributed by atoms with van der Waals surface area (Å²) in [5, 5.41) is 2.90. The molecule has 1 fully saturated rings. The smallest absolute Gasteiger partial charge is 0.253 e. The first kappa shape index (κ1) is 24.9. The molecule has 178 valence electrons. The summed E-state index contributed by atoms with van der Waals surface area (Å²) in [7, 11) is -3.59. The first-order valence-electron chi connectivity index (χ1n) is 11.4. The van der Waals surface area contributed by atoms with Gasteiger partial charge in [0.1, 0.15) is 0 Å². The molecule has 0 saturated carbocycles. The second-order valence-electron chi connectivity index (χ2n) is 8.49. The van der Waals surface area contributed by atoms with Gasteiger partial charge in [-0.25, -0.2) is 8.42 Å². The number of sulfonamides is 1. The van der Waals surface area contributed by atoms with Gasteiger partial charge in [-0.05, 0) is 70.4 Å². The number of carbonyl (C=O) groups is 2. The number of amides is 2. The number of rotatable bonds is 7. The van der Waals surface area contributed by atoms with Crippen LogP contribution >= 0.6 is 0 Å². The van der Waals surface area contributed by atoms with Crippen molar-refractivity contribution >= 4 is 27.5 Å². The topological polar surface area (TPSA) is 86.8 Å². The van der Waals surface area contributed by atoms with Gasteiger partial charge in [0.2, 0.25) is 15.9 Å². The number of nitrogens with one attached hydrogen (secondary N) is 1. The molecule has 0 spiro atoms. The molecule has 1 heterocycles. The van der Waals surface area contributed by atoms with Gasteiger partial charge < -0.3 is 10.2 Å². The molecule has 33 heavy (non-hydrogen) atoms. The fourth-order valence-electron chi connectivity index (χ4n) is 4.25. The van der Waals surface area contributed by atoms with Gasteiger partial charge in [-0.1, -0.05) is 23.8 Å². The first-order valence-corrected chi connectivity index (χ1v) is 12.9. The molecule has 2 aromatic rings. The second kappa shape index (κ2) is 10.5. The lowest BCUT2D eigenvalue weighted by molar-refractivity contribution is -0.120. The lowest BCUT2D eigenvalue weighted by Crippen LogP contribution is -2.41. The number of hydrogen-bond acceptors (Lipinski definition) is 4. The van der Waals surface area contributed by atoms with Crippen LogP contribution in [0.1, 0.15) is 48.2 Å². The van der Waals surface area contributed by atoms with Crippen LogP contribution in [0.3, 0.4) is 0 Å². The minimum Gasteiger partial charge on any atom is -0.339 e. The largest absolute Gasteiger partial charge is 0.339 e. The molecular formula is C25H33N3O4S. The molecule has 2 aromatic carbocycles. The molecule has 0 bridgehead atoms. The quantitative estimate of drug-likeness (QED) is 0.665. The molecule has 1 aliphatic heterocycles. The molecule has 0 atom stereocenters. The van der Waals surface area contributed by atoms with Crippen LogP contribution in [-0.2, 0) is 14.8 Å². The summed E-state index contributed by atoms with van der Waals surface area (Å²) in [6.45, 7) is 9.44. The zero-order valence-corrected chi connectivity index (χ0v) is 20.6. The van der Waals surface area contributed by atoms with Crippen LogP contribution in [0.15, 0.2) is 47.4 Å². The molecule has 2 amide bonds. The van der Waals surface area contributed by atoms with Gasteiger partial charge in [0, 0.05) is 43.3 Å². The summed E-state index contributed by atoms with van der Waals surface area (Å²) in [5.41, 5.74) is 2.85. The van der Waals surface area contributed by atoms with Gasteiger partial charge in [0.15, 0.2) is 0 Å². The van der Waals surface area contributed by atoms with E-state index in [0.717, 1.165) is 11.1 Å². The molecule has 0 unspecified atom stereocenters. The molecule has 8 heteroatoms. The maximum Gasteiger partial charge on any atom is 0.253 e. The second-order valence-corrected chi connectivity index (χ2v) is 10.4. The van der Waals surface area contributed by atoms with Crippen molar-refractivity contribution in [1.82, 2.24) is 9.21 Å². The predicted molar refractivity (Wildman–Crippen MR) is 130 cm³/mol. The number of hydrogen-bond donors (Lipinski definition) is 1. The Morgan fingerprint density at radius 3 is 2.30 bits per heavy atom. The van der Waals surface area contributed by atoms with E-state index in [9.17, 15) is 18.0 Å². The van der Waals surface area contributed by atoms with Crippen LogP contribution in [0.2, 0.25) is 0 Å². The van der Waals surface area contributed by atoms with Gasteiger partial charge in [-0.15, -0.1) is 0 Å². The van der Waals surface area contributed by atoms with Crippen LogP contribution in [-0.4, -0.2) is 55.6 Å². The van der Waals surface area contributed by atoms with Crippen LogP contribution in [0.4, 0.5) is 5.69 Å². The molecule has 1 saturated heterocycles. The highest BCUT2D eigenvalue weighted by atomic mass is 32.2. The molecule has 1 aliphatic rings. The third kappa shape index (κ3) is 5.62. The monoisotopic (exact) mass is 471 g/mol. The van der Waals surface area contributed by atoms with E-state index in [1.807, 2.05) is 26.8 Å². The number of benzene rings is 2. The summed E-state index contributed by atoms with van der Waals surface area (Å²) in [6, 6.07) is 12.3. The minimum absolute atomic E-state index is 0.0685. The first-order chi connectivity index (χ1) is 15.7. The van der Waals surface area contributed by atoms with Crippen LogP contribution < -0.4 is 5.32 Å². The van der Waals surface area contributed by atoms with E-state index in [4.69, 9.17) is 0 Å². The summed E-state index contributed by atoms with van der Waals surface area (Å²) in [5.74, 6) is -0.496. The van der Waals surface area contributed by atoms with E-state index >= 15 is 0 Å². The number of anilines is 1. The van der Waals surface area contributed by atoms with E-state index in [-0.39, 0.29) is 17.7 Å². The maximum atomic E-state index is 13.1. The number of aryl methyl sites for hydroxylation is 2. The summed E-state index contributed by atoms with van der Waals surface area (Å²) in [6.07, 6.45) is 0.905. The highest BCUT2D eigenvalue weighted by Gasteiger charge is 2.33. The number of nitrogens with zero attached hydrogens (tertiary/aromatic N) is 2. The molecule has 1 N–H and O–H groups in total. The van der Waals surface area contributed by atoms with Crippen LogP contribution in [0.25, 0.3) is 0 Å². The molecule has 0 aromatic heterocycles. The standard InChI is InChI=1S/C25H33N3O4S/c1-5-27(6-2)25(30)21-8-7-9-22(17-21)26-24(29)20-12-14-28(15-13-20)33(31,32)23-11-10-18(3)16-19(23)4/h7-11,16-17,20H,5-6,12-15H2,1-4H3,(H,26,29). The van der Waals surface area contributed by atoms with Gasteiger partial charge in [-0.3, -0.25) is 9.59 Å². The maximum absolute atomic E-state index is 13.1. The lowest BCUT2D eigenvalue weighted by atomic mass is 9.97. The van der Waals surface area contributed by atoms with Crippen molar-refractivity contribution in [2.24, 2.45) is 5.92 Å². The van der Waals surface area contributed by atoms with E-state index in [0.29, 0.717) is 55.2 Å². The Bertz CT molecular complexity index is 1120. The predicted octanol–water partition coefficient (Wildman–Crippen LogP) is 3.82. The van der Waals surface area contributed by atoms with Crippen molar-refractivity contribution in [1.29, 1.82) is 0 Å². The lowest BCUT2D eigenvalue weighted by Gasteiger charge is -2.31. The average Bonchev–Trinajstić information content (AvgIpc) is 2.79. The van der Waals surface area contributed by atoms with E-state index < -0.39 is 10.0 Å². The Kier molecular flexibility index (Phi) is 7.92. The van der Waals surface area contributed by atoms with Crippen molar-refractivity contribution in [3.63, 3.8) is 0 Å². The highest BCUT2D eigenvalue weighted by Crippen LogP contribution is 2.27. The third-order valence-electron chi connectivity index (χ3n) is 6.20. The summed E-state index contributed by atoms with van der Waals surface area (Å²) in [4.78, 5) is 27.5.